The van der Waals surface area contributed by atoms with Crippen molar-refractivity contribution in [3.63, 3.8) is 0 Å². The number of carbonyl (C=O) groups excluding carboxylic acids is 1. The van der Waals surface area contributed by atoms with Gasteiger partial charge in [0, 0.05) is 41.5 Å². The molecule has 3 aromatic rings. The van der Waals surface area contributed by atoms with Gasteiger partial charge in [-0.1, -0.05) is 0 Å². The summed E-state index contributed by atoms with van der Waals surface area (Å²) in [5, 5.41) is 14.9. The first-order chi connectivity index (χ1) is 15.7. The molecule has 174 valence electrons. The lowest BCUT2D eigenvalue weighted by molar-refractivity contribution is 0.00682. The van der Waals surface area contributed by atoms with E-state index in [0.29, 0.717) is 17.6 Å². The van der Waals surface area contributed by atoms with Crippen molar-refractivity contribution < 1.29 is 9.53 Å². The average molecular weight is 451 g/mol. The van der Waals surface area contributed by atoms with Gasteiger partial charge >= 0.3 is 6.09 Å². The molecular formula is C23H30N8O2. The van der Waals surface area contributed by atoms with Crippen molar-refractivity contribution in [3.8, 4) is 0 Å². The van der Waals surface area contributed by atoms with E-state index in [4.69, 9.17) is 14.7 Å². The van der Waals surface area contributed by atoms with Crippen LogP contribution in [0, 0.1) is 6.92 Å². The van der Waals surface area contributed by atoms with Crippen molar-refractivity contribution in [1.29, 1.82) is 0 Å². The van der Waals surface area contributed by atoms with Gasteiger partial charge in [-0.25, -0.2) is 9.78 Å². The van der Waals surface area contributed by atoms with Gasteiger partial charge in [-0.2, -0.15) is 10.1 Å². The molecule has 3 aromatic heterocycles. The van der Waals surface area contributed by atoms with Crippen LogP contribution in [0.4, 0.5) is 22.4 Å². The third-order valence-corrected chi connectivity index (χ3v) is 6.12. The number of pyridine rings is 1. The summed E-state index contributed by atoms with van der Waals surface area (Å²) in [5.74, 6) is 1.91. The first-order valence-corrected chi connectivity index (χ1v) is 11.4. The molecule has 0 aliphatic carbocycles. The molecule has 2 atom stereocenters. The highest BCUT2D eigenvalue weighted by molar-refractivity contribution is 5.90. The molecule has 2 fully saturated rings. The maximum absolute atomic E-state index is 12.7. The number of nitrogens with zero attached hydrogens (tertiary/aromatic N) is 5. The summed E-state index contributed by atoms with van der Waals surface area (Å²) in [7, 11) is 0. The summed E-state index contributed by atoms with van der Waals surface area (Å²) < 4.78 is 5.65. The van der Waals surface area contributed by atoms with Crippen LogP contribution in [0.25, 0.3) is 10.9 Å². The monoisotopic (exact) mass is 450 g/mol. The van der Waals surface area contributed by atoms with Crippen molar-refractivity contribution in [2.45, 2.75) is 77.1 Å². The highest BCUT2D eigenvalue weighted by Crippen LogP contribution is 2.38. The fourth-order valence-corrected chi connectivity index (χ4v) is 4.83. The lowest BCUT2D eigenvalue weighted by atomic mass is 9.98. The number of piperidine rings is 1. The van der Waals surface area contributed by atoms with Crippen LogP contribution in [0.15, 0.2) is 24.5 Å². The van der Waals surface area contributed by atoms with Crippen molar-refractivity contribution in [2.75, 3.05) is 10.6 Å². The number of nitrogens with one attached hydrogen (secondary N) is 3. The van der Waals surface area contributed by atoms with Crippen LogP contribution in [0.2, 0.25) is 0 Å². The molecule has 0 radical (unpaired) electrons. The van der Waals surface area contributed by atoms with E-state index < -0.39 is 5.60 Å². The molecule has 0 aromatic carbocycles. The Balaban J connectivity index is 1.34. The fraction of sp³-hybridized carbons (Fsp3) is 0.522. The Hall–Kier alpha value is -3.43. The summed E-state index contributed by atoms with van der Waals surface area (Å²) in [6.07, 6.45) is 6.92. The standard InChI is InChI=1S/C23H30N8O2/c1-13-9-19(30-29-13)27-20-17-7-8-24-12-18(17)26-21(28-20)25-14-10-15-5-6-16(11-14)31(15)22(32)33-23(2,3)4/h7-9,12,14-16H,5-6,10-11H2,1-4H3,(H3,25,26,27,28,29,30). The normalized spacial score (nSPS) is 22.4. The predicted octanol–water partition coefficient (Wildman–Crippen LogP) is 4.14. The fourth-order valence-electron chi connectivity index (χ4n) is 4.83. The van der Waals surface area contributed by atoms with E-state index in [1.807, 2.05) is 44.7 Å². The van der Waals surface area contributed by atoms with Crippen LogP contribution in [0.5, 0.6) is 0 Å². The molecule has 2 aliphatic rings. The van der Waals surface area contributed by atoms with Gasteiger partial charge in [0.25, 0.3) is 0 Å². The number of amides is 1. The molecule has 2 saturated heterocycles. The van der Waals surface area contributed by atoms with Crippen LogP contribution in [0.3, 0.4) is 0 Å². The van der Waals surface area contributed by atoms with Gasteiger partial charge in [0.2, 0.25) is 5.95 Å². The van der Waals surface area contributed by atoms with Gasteiger partial charge in [0.15, 0.2) is 5.82 Å². The number of aromatic amines is 1. The molecule has 10 nitrogen and oxygen atoms in total. The second kappa shape index (κ2) is 8.17. The minimum Gasteiger partial charge on any atom is -0.444 e. The second-order valence-electron chi connectivity index (χ2n) is 9.94. The second-order valence-corrected chi connectivity index (χ2v) is 9.94. The minimum atomic E-state index is -0.491. The average Bonchev–Trinajstić information content (AvgIpc) is 3.27. The molecule has 2 bridgehead atoms. The number of rotatable bonds is 4. The Labute approximate surface area is 192 Å². The smallest absolute Gasteiger partial charge is 0.410 e. The molecule has 2 unspecified atom stereocenters. The zero-order chi connectivity index (χ0) is 23.2. The molecule has 5 rings (SSSR count). The number of hydrogen-bond donors (Lipinski definition) is 3. The number of fused-ring (bicyclic) bond motifs is 3. The summed E-state index contributed by atoms with van der Waals surface area (Å²) in [6, 6.07) is 4.33. The van der Waals surface area contributed by atoms with Gasteiger partial charge < -0.3 is 20.3 Å². The van der Waals surface area contributed by atoms with Crippen LogP contribution < -0.4 is 10.6 Å². The molecule has 5 heterocycles. The molecule has 2 aliphatic heterocycles. The van der Waals surface area contributed by atoms with E-state index in [1.54, 1.807) is 12.4 Å². The number of carbonyl (C=O) groups is 1. The molecule has 0 saturated carbocycles. The van der Waals surface area contributed by atoms with Crippen molar-refractivity contribution in [2.24, 2.45) is 0 Å². The van der Waals surface area contributed by atoms with E-state index >= 15 is 0 Å². The van der Waals surface area contributed by atoms with Crippen molar-refractivity contribution >= 4 is 34.6 Å². The summed E-state index contributed by atoms with van der Waals surface area (Å²) in [5.41, 5.74) is 1.22. The largest absolute Gasteiger partial charge is 0.444 e. The first kappa shape index (κ1) is 21.4. The van der Waals surface area contributed by atoms with E-state index in [2.05, 4.69) is 25.8 Å². The molecule has 1 amide bonds. The zero-order valence-corrected chi connectivity index (χ0v) is 19.4. The van der Waals surface area contributed by atoms with E-state index in [0.717, 1.165) is 42.3 Å². The molecule has 0 spiro atoms. The van der Waals surface area contributed by atoms with Crippen LogP contribution in [0.1, 0.15) is 52.1 Å². The third kappa shape index (κ3) is 4.55. The summed E-state index contributed by atoms with van der Waals surface area (Å²) in [4.78, 5) is 28.4. The summed E-state index contributed by atoms with van der Waals surface area (Å²) in [6.45, 7) is 7.67. The number of aryl methyl sites for hydroxylation is 1. The number of H-pyrrole nitrogens is 1. The van der Waals surface area contributed by atoms with Gasteiger partial charge in [0.05, 0.1) is 11.7 Å². The van der Waals surface area contributed by atoms with Crippen LogP contribution in [-0.4, -0.2) is 59.9 Å². The van der Waals surface area contributed by atoms with Crippen molar-refractivity contribution in [1.82, 2.24) is 30.0 Å². The highest BCUT2D eigenvalue weighted by atomic mass is 16.6. The van der Waals surface area contributed by atoms with Gasteiger partial charge in [0.1, 0.15) is 11.4 Å². The Morgan fingerprint density at radius 2 is 1.97 bits per heavy atom. The SMILES string of the molecule is Cc1cc(Nc2nc(NC3CC4CCC(C3)N4C(=O)OC(C)(C)C)nc3cnccc23)n[nH]1. The lowest BCUT2D eigenvalue weighted by Gasteiger charge is -2.39. The predicted molar refractivity (Wildman–Crippen MR) is 125 cm³/mol. The molecule has 3 N–H and O–H groups in total. The third-order valence-electron chi connectivity index (χ3n) is 6.12. The number of anilines is 3. The topological polar surface area (TPSA) is 121 Å². The van der Waals surface area contributed by atoms with Crippen LogP contribution in [-0.2, 0) is 4.74 Å². The quantitative estimate of drug-likeness (QED) is 0.542. The Morgan fingerprint density at radius 1 is 1.21 bits per heavy atom. The lowest BCUT2D eigenvalue weighted by Crippen LogP contribution is -2.51. The first-order valence-electron chi connectivity index (χ1n) is 11.4. The maximum Gasteiger partial charge on any atom is 0.410 e. The Bertz CT molecular complexity index is 1160. The Kier molecular flexibility index (Phi) is 5.30. The molecular weight excluding hydrogens is 420 g/mol. The number of hydrogen-bond acceptors (Lipinski definition) is 8. The Morgan fingerprint density at radius 3 is 2.64 bits per heavy atom. The van der Waals surface area contributed by atoms with E-state index in [-0.39, 0.29) is 24.2 Å². The molecule has 33 heavy (non-hydrogen) atoms. The van der Waals surface area contributed by atoms with E-state index in [1.165, 1.54) is 0 Å². The number of aromatic nitrogens is 5. The zero-order valence-electron chi connectivity index (χ0n) is 19.4. The minimum absolute atomic E-state index is 0.169. The number of ether oxygens (including phenoxy) is 1. The van der Waals surface area contributed by atoms with Crippen molar-refractivity contribution in [3.05, 3.63) is 30.2 Å². The highest BCUT2D eigenvalue weighted by Gasteiger charge is 2.45. The van der Waals surface area contributed by atoms with Gasteiger partial charge in [-0.3, -0.25) is 10.1 Å². The van der Waals surface area contributed by atoms with E-state index in [9.17, 15) is 4.79 Å². The summed E-state index contributed by atoms with van der Waals surface area (Å²) >= 11 is 0. The van der Waals surface area contributed by atoms with Crippen LogP contribution >= 0.6 is 0 Å². The maximum atomic E-state index is 12.7. The van der Waals surface area contributed by atoms with Gasteiger partial charge in [-0.05, 0) is 59.4 Å². The van der Waals surface area contributed by atoms with Gasteiger partial charge in [-0.15, -0.1) is 0 Å². The molecule has 10 heteroatoms.